The summed E-state index contributed by atoms with van der Waals surface area (Å²) in [6.45, 7) is 1.84. The van der Waals surface area contributed by atoms with Crippen molar-refractivity contribution in [3.63, 3.8) is 0 Å². The highest BCUT2D eigenvalue weighted by atomic mass is 35.5. The maximum absolute atomic E-state index is 11.2. The number of benzene rings is 1. The number of hydrogen-bond acceptors (Lipinski definition) is 4. The van der Waals surface area contributed by atoms with Crippen LogP contribution in [0.1, 0.15) is 25.2 Å². The summed E-state index contributed by atoms with van der Waals surface area (Å²) >= 11 is 6.08. The standard InChI is InChI=1S/C13H18ClNO4/c1-4-11(19-13(16)15-2)18-12(17-3)9-7-5-6-8-10(9)14/h5-8,11-12H,4H2,1-3H3,(H,15,16)/t11-,12-/m0/s1. The molecule has 1 N–H and O–H groups in total. The lowest BCUT2D eigenvalue weighted by Crippen LogP contribution is -2.29. The van der Waals surface area contributed by atoms with Gasteiger partial charge in [0.25, 0.3) is 0 Å². The average molecular weight is 288 g/mol. The van der Waals surface area contributed by atoms with Crippen LogP contribution in [0.4, 0.5) is 4.79 Å². The Hall–Kier alpha value is -1.30. The molecule has 0 aliphatic carbocycles. The van der Waals surface area contributed by atoms with Crippen molar-refractivity contribution < 1.29 is 19.0 Å². The summed E-state index contributed by atoms with van der Waals surface area (Å²) in [7, 11) is 2.98. The van der Waals surface area contributed by atoms with E-state index in [-0.39, 0.29) is 0 Å². The summed E-state index contributed by atoms with van der Waals surface area (Å²) in [5, 5.41) is 2.90. The first-order chi connectivity index (χ1) is 9.12. The number of amides is 1. The fraction of sp³-hybridized carbons (Fsp3) is 0.462. The van der Waals surface area contributed by atoms with Crippen molar-refractivity contribution in [2.24, 2.45) is 0 Å². The fourth-order valence-corrected chi connectivity index (χ4v) is 1.67. The molecule has 1 aromatic rings. The normalized spacial score (nSPS) is 13.7. The van der Waals surface area contributed by atoms with E-state index in [1.54, 1.807) is 12.1 Å². The lowest BCUT2D eigenvalue weighted by Gasteiger charge is -2.23. The van der Waals surface area contributed by atoms with Crippen molar-refractivity contribution >= 4 is 17.7 Å². The van der Waals surface area contributed by atoms with Crippen molar-refractivity contribution in [3.05, 3.63) is 34.9 Å². The van der Waals surface area contributed by atoms with Gasteiger partial charge in [0.05, 0.1) is 0 Å². The van der Waals surface area contributed by atoms with Gasteiger partial charge < -0.3 is 19.5 Å². The highest BCUT2D eigenvalue weighted by Gasteiger charge is 2.21. The Balaban J connectivity index is 2.75. The van der Waals surface area contributed by atoms with E-state index in [0.717, 1.165) is 0 Å². The number of alkyl carbamates (subject to hydrolysis) is 1. The molecule has 106 valence electrons. The monoisotopic (exact) mass is 287 g/mol. The molecular weight excluding hydrogens is 270 g/mol. The lowest BCUT2D eigenvalue weighted by molar-refractivity contribution is -0.222. The van der Waals surface area contributed by atoms with Crippen molar-refractivity contribution in [2.75, 3.05) is 14.2 Å². The maximum Gasteiger partial charge on any atom is 0.409 e. The van der Waals surface area contributed by atoms with E-state index in [0.29, 0.717) is 17.0 Å². The first-order valence-electron chi connectivity index (χ1n) is 5.93. The highest BCUT2D eigenvalue weighted by Crippen LogP contribution is 2.27. The molecule has 0 aliphatic rings. The van der Waals surface area contributed by atoms with E-state index < -0.39 is 18.7 Å². The third kappa shape index (κ3) is 4.70. The van der Waals surface area contributed by atoms with Crippen LogP contribution in [0.3, 0.4) is 0 Å². The van der Waals surface area contributed by atoms with Gasteiger partial charge in [0.15, 0.2) is 6.29 Å². The van der Waals surface area contributed by atoms with Gasteiger partial charge in [-0.05, 0) is 6.07 Å². The van der Waals surface area contributed by atoms with Crippen LogP contribution in [-0.4, -0.2) is 26.5 Å². The summed E-state index contributed by atoms with van der Waals surface area (Å²) in [4.78, 5) is 11.2. The van der Waals surface area contributed by atoms with Gasteiger partial charge >= 0.3 is 6.09 Å². The number of nitrogens with one attached hydrogen (secondary N) is 1. The number of rotatable bonds is 6. The van der Waals surface area contributed by atoms with Gasteiger partial charge in [-0.25, -0.2) is 4.79 Å². The van der Waals surface area contributed by atoms with Crippen LogP contribution in [0.15, 0.2) is 24.3 Å². The van der Waals surface area contributed by atoms with E-state index in [1.165, 1.54) is 14.2 Å². The SMILES string of the molecule is CC[C@H](OC(=O)NC)O[C@H](OC)c1ccccc1Cl. The summed E-state index contributed by atoms with van der Waals surface area (Å²) in [5.74, 6) is 0. The molecule has 1 aromatic carbocycles. The largest absolute Gasteiger partial charge is 0.420 e. The summed E-state index contributed by atoms with van der Waals surface area (Å²) in [5.41, 5.74) is 0.686. The first kappa shape index (κ1) is 15.8. The van der Waals surface area contributed by atoms with Crippen LogP contribution >= 0.6 is 11.6 Å². The second-order valence-corrected chi connectivity index (χ2v) is 4.13. The third-order valence-corrected chi connectivity index (χ3v) is 2.77. The Bertz CT molecular complexity index is 413. The molecule has 0 radical (unpaired) electrons. The number of carbonyl (C=O) groups excluding carboxylic acids is 1. The molecule has 0 saturated carbocycles. The molecule has 2 atom stereocenters. The predicted octanol–water partition coefficient (Wildman–Crippen LogP) is 3.09. The van der Waals surface area contributed by atoms with Crippen LogP contribution in [0.2, 0.25) is 5.02 Å². The van der Waals surface area contributed by atoms with Gasteiger partial charge in [0.1, 0.15) is 0 Å². The topological polar surface area (TPSA) is 56.8 Å². The molecule has 5 nitrogen and oxygen atoms in total. The minimum absolute atomic E-state index is 0.498. The van der Waals surface area contributed by atoms with E-state index in [1.807, 2.05) is 19.1 Å². The maximum atomic E-state index is 11.2. The van der Waals surface area contributed by atoms with Gasteiger partial charge in [-0.3, -0.25) is 0 Å². The number of hydrogen-bond donors (Lipinski definition) is 1. The molecule has 0 spiro atoms. The molecule has 0 fully saturated rings. The Labute approximate surface area is 117 Å². The fourth-order valence-electron chi connectivity index (χ4n) is 1.45. The van der Waals surface area contributed by atoms with Gasteiger partial charge in [0, 0.05) is 31.2 Å². The second kappa shape index (κ2) is 7.99. The van der Waals surface area contributed by atoms with E-state index in [2.05, 4.69) is 5.32 Å². The Kier molecular flexibility index (Phi) is 6.62. The van der Waals surface area contributed by atoms with Crippen molar-refractivity contribution in [1.29, 1.82) is 0 Å². The van der Waals surface area contributed by atoms with Crippen LogP contribution < -0.4 is 5.32 Å². The highest BCUT2D eigenvalue weighted by molar-refractivity contribution is 6.31. The van der Waals surface area contributed by atoms with E-state index >= 15 is 0 Å². The predicted molar refractivity (Wildman–Crippen MR) is 71.9 cm³/mol. The third-order valence-electron chi connectivity index (χ3n) is 2.42. The summed E-state index contributed by atoms with van der Waals surface area (Å²) < 4.78 is 15.9. The van der Waals surface area contributed by atoms with Crippen LogP contribution in [0, 0.1) is 0 Å². The average Bonchev–Trinajstić information content (AvgIpc) is 2.44. The number of methoxy groups -OCH3 is 1. The van der Waals surface area contributed by atoms with E-state index in [4.69, 9.17) is 25.8 Å². The van der Waals surface area contributed by atoms with Crippen molar-refractivity contribution in [1.82, 2.24) is 5.32 Å². The molecule has 0 aromatic heterocycles. The Morgan fingerprint density at radius 2 is 2.11 bits per heavy atom. The Morgan fingerprint density at radius 1 is 1.42 bits per heavy atom. The molecule has 0 saturated heterocycles. The zero-order valence-corrected chi connectivity index (χ0v) is 11.9. The summed E-state index contributed by atoms with van der Waals surface area (Å²) in [6.07, 6.45) is -1.46. The van der Waals surface area contributed by atoms with Gasteiger partial charge in [-0.15, -0.1) is 0 Å². The minimum atomic E-state index is -0.707. The Morgan fingerprint density at radius 3 is 2.63 bits per heavy atom. The molecule has 0 heterocycles. The number of ether oxygens (including phenoxy) is 3. The van der Waals surface area contributed by atoms with Crippen LogP contribution in [0.5, 0.6) is 0 Å². The molecule has 6 heteroatoms. The molecule has 1 rings (SSSR count). The second-order valence-electron chi connectivity index (χ2n) is 3.72. The van der Waals surface area contributed by atoms with Gasteiger partial charge in [-0.2, -0.15) is 0 Å². The molecule has 0 aliphatic heterocycles. The number of halogens is 1. The quantitative estimate of drug-likeness (QED) is 0.817. The van der Waals surface area contributed by atoms with Crippen LogP contribution in [-0.2, 0) is 14.2 Å². The minimum Gasteiger partial charge on any atom is -0.420 e. The van der Waals surface area contributed by atoms with Gasteiger partial charge in [0.2, 0.25) is 6.29 Å². The number of carbonyl (C=O) groups is 1. The zero-order valence-electron chi connectivity index (χ0n) is 11.2. The molecule has 1 amide bonds. The first-order valence-corrected chi connectivity index (χ1v) is 6.31. The smallest absolute Gasteiger partial charge is 0.409 e. The molecule has 0 unspecified atom stereocenters. The lowest BCUT2D eigenvalue weighted by atomic mass is 10.2. The van der Waals surface area contributed by atoms with Crippen LogP contribution in [0.25, 0.3) is 0 Å². The van der Waals surface area contributed by atoms with Gasteiger partial charge in [-0.1, -0.05) is 36.7 Å². The summed E-state index contributed by atoms with van der Waals surface area (Å²) in [6, 6.07) is 7.18. The van der Waals surface area contributed by atoms with E-state index in [9.17, 15) is 4.79 Å². The molecule has 0 bridgehead atoms. The molecular formula is C13H18ClNO4. The van der Waals surface area contributed by atoms with Crippen molar-refractivity contribution in [3.8, 4) is 0 Å². The van der Waals surface area contributed by atoms with Crippen molar-refractivity contribution in [2.45, 2.75) is 25.9 Å². The zero-order chi connectivity index (χ0) is 14.3. The molecule has 19 heavy (non-hydrogen) atoms.